The quantitative estimate of drug-likeness (QED) is 0.510. The van der Waals surface area contributed by atoms with E-state index in [1.165, 1.54) is 0 Å². The van der Waals surface area contributed by atoms with Crippen LogP contribution in [0.5, 0.6) is 23.0 Å². The number of para-hydroxylation sites is 2. The summed E-state index contributed by atoms with van der Waals surface area (Å²) in [4.78, 5) is 17.6. The SMILES string of the molecule is CC(=O)O.Oc1c2cccc1OCCCCOc1cccc(c1O)C=NCCN=C2.[Mn+2]. The summed E-state index contributed by atoms with van der Waals surface area (Å²) in [6.45, 7) is 2.96. The van der Waals surface area contributed by atoms with Gasteiger partial charge in [-0.3, -0.25) is 14.8 Å². The number of phenols is 2. The summed E-state index contributed by atoms with van der Waals surface area (Å²) in [5.41, 5.74) is 1.22. The zero-order valence-corrected chi connectivity index (χ0v) is 18.4. The predicted molar refractivity (Wildman–Crippen MR) is 115 cm³/mol. The Labute approximate surface area is 191 Å². The molecule has 0 aromatic heterocycles. The maximum Gasteiger partial charge on any atom is 2.00 e. The van der Waals surface area contributed by atoms with Crippen LogP contribution in [0.2, 0.25) is 0 Å². The molecule has 0 amide bonds. The second-order valence-electron chi connectivity index (χ2n) is 6.38. The molecule has 9 heteroatoms. The topological polar surface area (TPSA) is 121 Å². The molecule has 1 aliphatic heterocycles. The number of hydrogen-bond acceptors (Lipinski definition) is 7. The number of carboxylic acids is 1. The third kappa shape index (κ3) is 9.11. The van der Waals surface area contributed by atoms with Crippen molar-refractivity contribution in [3.05, 3.63) is 47.5 Å². The van der Waals surface area contributed by atoms with E-state index in [0.717, 1.165) is 19.8 Å². The zero-order chi connectivity index (χ0) is 21.8. The molecule has 0 unspecified atom stereocenters. The summed E-state index contributed by atoms with van der Waals surface area (Å²) in [7, 11) is 0. The molecule has 165 valence electrons. The van der Waals surface area contributed by atoms with E-state index in [9.17, 15) is 10.2 Å². The van der Waals surface area contributed by atoms with Crippen molar-refractivity contribution in [2.24, 2.45) is 9.98 Å². The number of carboxylic acid groups (broad SMARTS) is 1. The standard InChI is InChI=1S/C20H22N2O4.C2H4O2.Mn/c23-19-15-5-3-7-17(19)25-11-1-2-12-26-18-8-4-6-16(20(18)24)14-22-10-9-21-13-15;1-2(3)4;/h3-8,13-14,23-24H,1-2,9-12H2;1H3,(H,3,4);/q;;+2. The summed E-state index contributed by atoms with van der Waals surface area (Å²) < 4.78 is 11.3. The van der Waals surface area contributed by atoms with Gasteiger partial charge in [0.15, 0.2) is 23.0 Å². The van der Waals surface area contributed by atoms with E-state index in [4.69, 9.17) is 19.4 Å². The van der Waals surface area contributed by atoms with Gasteiger partial charge in [0.2, 0.25) is 0 Å². The van der Waals surface area contributed by atoms with E-state index in [2.05, 4.69) is 9.98 Å². The van der Waals surface area contributed by atoms with Gasteiger partial charge in [-0.1, -0.05) is 12.1 Å². The van der Waals surface area contributed by atoms with Gasteiger partial charge < -0.3 is 24.8 Å². The van der Waals surface area contributed by atoms with Crippen molar-refractivity contribution >= 4 is 18.4 Å². The number of ether oxygens (including phenoxy) is 2. The summed E-state index contributed by atoms with van der Waals surface area (Å²) in [6, 6.07) is 10.7. The van der Waals surface area contributed by atoms with Crippen LogP contribution in [0, 0.1) is 0 Å². The largest absolute Gasteiger partial charge is 2.00 e. The third-order valence-corrected chi connectivity index (χ3v) is 3.93. The Kier molecular flexibility index (Phi) is 11.8. The van der Waals surface area contributed by atoms with Crippen molar-refractivity contribution in [1.29, 1.82) is 0 Å². The van der Waals surface area contributed by atoms with Gasteiger partial charge in [-0.05, 0) is 37.1 Å². The molecule has 1 aliphatic rings. The molecular formula is C22H26MnN2O6+2. The number of carbonyl (C=O) groups is 1. The Balaban J connectivity index is 0.000000885. The van der Waals surface area contributed by atoms with E-state index >= 15 is 0 Å². The zero-order valence-electron chi connectivity index (χ0n) is 17.2. The summed E-state index contributed by atoms with van der Waals surface area (Å²) >= 11 is 0. The van der Waals surface area contributed by atoms with Crippen molar-refractivity contribution in [1.82, 2.24) is 0 Å². The molecule has 0 aliphatic carbocycles. The van der Waals surface area contributed by atoms with Gasteiger partial charge in [-0.15, -0.1) is 0 Å². The van der Waals surface area contributed by atoms with Crippen LogP contribution in [0.15, 0.2) is 46.4 Å². The van der Waals surface area contributed by atoms with Gasteiger partial charge >= 0.3 is 17.1 Å². The molecule has 0 spiro atoms. The Hall–Kier alpha value is -3.03. The van der Waals surface area contributed by atoms with Gasteiger partial charge in [0.05, 0.1) is 26.3 Å². The number of phenolic OH excluding ortho intramolecular Hbond substituents is 2. The molecule has 4 bridgehead atoms. The fourth-order valence-corrected chi connectivity index (χ4v) is 2.53. The van der Waals surface area contributed by atoms with Crippen LogP contribution in [0.4, 0.5) is 0 Å². The monoisotopic (exact) mass is 469 g/mol. The number of hydrogen-bond donors (Lipinski definition) is 3. The first-order valence-corrected chi connectivity index (χ1v) is 9.57. The van der Waals surface area contributed by atoms with Crippen LogP contribution in [0.3, 0.4) is 0 Å². The predicted octanol–water partition coefficient (Wildman–Crippen LogP) is 3.28. The fraction of sp³-hybridized carbons (Fsp3) is 0.318. The second kappa shape index (κ2) is 14.1. The molecule has 3 rings (SSSR count). The molecule has 0 saturated heterocycles. The van der Waals surface area contributed by atoms with Gasteiger partial charge in [0.25, 0.3) is 5.97 Å². The Morgan fingerprint density at radius 3 is 1.61 bits per heavy atom. The van der Waals surface area contributed by atoms with Crippen molar-refractivity contribution in [3.8, 4) is 23.0 Å². The van der Waals surface area contributed by atoms with Gasteiger partial charge in [-0.2, -0.15) is 0 Å². The van der Waals surface area contributed by atoms with Crippen LogP contribution in [-0.2, 0) is 21.9 Å². The van der Waals surface area contributed by atoms with Crippen molar-refractivity contribution in [3.63, 3.8) is 0 Å². The minimum atomic E-state index is -0.833. The van der Waals surface area contributed by atoms with Crippen LogP contribution < -0.4 is 9.47 Å². The number of fused-ring (bicyclic) bond motifs is 4. The van der Waals surface area contributed by atoms with E-state index < -0.39 is 5.97 Å². The van der Waals surface area contributed by atoms with E-state index in [0.29, 0.717) is 48.9 Å². The first-order valence-electron chi connectivity index (χ1n) is 9.57. The van der Waals surface area contributed by atoms with Crippen molar-refractivity contribution < 1.29 is 46.7 Å². The molecule has 2 aromatic rings. The first kappa shape index (κ1) is 26.0. The minimum absolute atomic E-state index is 0. The maximum atomic E-state index is 10.3. The number of benzene rings is 2. The van der Waals surface area contributed by atoms with Crippen molar-refractivity contribution in [2.75, 3.05) is 26.3 Å². The maximum absolute atomic E-state index is 10.3. The average Bonchev–Trinajstić information content (AvgIpc) is 2.70. The summed E-state index contributed by atoms with van der Waals surface area (Å²) in [6.07, 6.45) is 4.76. The minimum Gasteiger partial charge on any atom is -0.504 e. The van der Waals surface area contributed by atoms with Gasteiger partial charge in [0, 0.05) is 30.5 Å². The molecule has 8 nitrogen and oxygen atoms in total. The molecule has 0 atom stereocenters. The Morgan fingerprint density at radius 1 is 0.839 bits per heavy atom. The van der Waals surface area contributed by atoms with Crippen LogP contribution in [0.1, 0.15) is 30.9 Å². The molecule has 1 radical (unpaired) electrons. The fourth-order valence-electron chi connectivity index (χ4n) is 2.53. The Morgan fingerprint density at radius 2 is 1.23 bits per heavy atom. The summed E-state index contributed by atoms with van der Waals surface area (Å²) in [5.74, 6) is 0.243. The van der Waals surface area contributed by atoms with Crippen LogP contribution >= 0.6 is 0 Å². The average molecular weight is 469 g/mol. The van der Waals surface area contributed by atoms with Gasteiger partial charge in [0.1, 0.15) is 0 Å². The number of nitrogens with zero attached hydrogens (tertiary/aromatic N) is 2. The van der Waals surface area contributed by atoms with E-state index in [1.54, 1.807) is 36.7 Å². The molecule has 2 aromatic carbocycles. The third-order valence-electron chi connectivity index (χ3n) is 3.93. The number of aliphatic carboxylic acids is 1. The first-order chi connectivity index (χ1) is 14.5. The molecule has 0 saturated carbocycles. The second-order valence-corrected chi connectivity index (χ2v) is 6.38. The molecule has 3 N–H and O–H groups in total. The van der Waals surface area contributed by atoms with E-state index in [-0.39, 0.29) is 28.6 Å². The molecular weight excluding hydrogens is 443 g/mol. The molecule has 0 fully saturated rings. The normalized spacial score (nSPS) is 13.7. The van der Waals surface area contributed by atoms with Crippen molar-refractivity contribution in [2.45, 2.75) is 19.8 Å². The number of aromatic hydroxyl groups is 2. The number of aliphatic imine (C=N–C) groups is 2. The molecule has 1 heterocycles. The number of rotatable bonds is 0. The summed E-state index contributed by atoms with van der Waals surface area (Å²) in [5, 5.41) is 27.9. The Bertz CT molecular complexity index is 830. The molecule has 31 heavy (non-hydrogen) atoms. The van der Waals surface area contributed by atoms with Crippen LogP contribution in [0.25, 0.3) is 0 Å². The van der Waals surface area contributed by atoms with Gasteiger partial charge in [-0.25, -0.2) is 0 Å². The van der Waals surface area contributed by atoms with Crippen LogP contribution in [-0.4, -0.2) is 60.0 Å². The van der Waals surface area contributed by atoms with E-state index in [1.807, 2.05) is 12.1 Å². The smallest absolute Gasteiger partial charge is 0.504 e.